The molecule has 0 aliphatic heterocycles. The SMILES string of the molecule is CC(C)CONC(=O)Cn1cccnc1=O. The summed E-state index contributed by atoms with van der Waals surface area (Å²) in [5, 5.41) is 0. The molecule has 0 saturated carbocycles. The summed E-state index contributed by atoms with van der Waals surface area (Å²) in [6, 6.07) is 1.59. The van der Waals surface area contributed by atoms with Crippen LogP contribution >= 0.6 is 0 Å². The van der Waals surface area contributed by atoms with Gasteiger partial charge in [0.1, 0.15) is 6.54 Å². The number of hydrogen-bond donors (Lipinski definition) is 1. The van der Waals surface area contributed by atoms with Crippen LogP contribution in [0.1, 0.15) is 13.8 Å². The second kappa shape index (κ2) is 6.02. The highest BCUT2D eigenvalue weighted by Gasteiger charge is 2.04. The Bertz CT molecular complexity index is 400. The summed E-state index contributed by atoms with van der Waals surface area (Å²) in [5.74, 6) is -0.0443. The van der Waals surface area contributed by atoms with Gasteiger partial charge in [0.05, 0.1) is 6.61 Å². The van der Waals surface area contributed by atoms with E-state index in [2.05, 4.69) is 10.5 Å². The van der Waals surface area contributed by atoms with Crippen molar-refractivity contribution in [2.45, 2.75) is 20.4 Å². The summed E-state index contributed by atoms with van der Waals surface area (Å²) >= 11 is 0. The molecule has 0 atom stereocenters. The number of carbonyl (C=O) groups excluding carboxylic acids is 1. The van der Waals surface area contributed by atoms with Gasteiger partial charge in [-0.25, -0.2) is 15.3 Å². The second-order valence-corrected chi connectivity index (χ2v) is 3.76. The van der Waals surface area contributed by atoms with Crippen LogP contribution in [-0.2, 0) is 16.2 Å². The van der Waals surface area contributed by atoms with E-state index >= 15 is 0 Å². The first kappa shape index (κ1) is 12.4. The molecule has 0 aliphatic carbocycles. The Hall–Kier alpha value is -1.69. The zero-order valence-electron chi connectivity index (χ0n) is 9.34. The minimum atomic E-state index is -0.457. The van der Waals surface area contributed by atoms with E-state index < -0.39 is 5.69 Å². The van der Waals surface area contributed by atoms with Crippen molar-refractivity contribution in [3.8, 4) is 0 Å². The molecule has 6 heteroatoms. The van der Waals surface area contributed by atoms with Gasteiger partial charge in [-0.1, -0.05) is 13.8 Å². The zero-order chi connectivity index (χ0) is 12.0. The lowest BCUT2D eigenvalue weighted by Gasteiger charge is -2.08. The van der Waals surface area contributed by atoms with Gasteiger partial charge in [0, 0.05) is 12.4 Å². The maximum Gasteiger partial charge on any atom is 0.347 e. The molecule has 0 unspecified atom stereocenters. The molecule has 1 aromatic heterocycles. The van der Waals surface area contributed by atoms with Gasteiger partial charge >= 0.3 is 5.69 Å². The first-order valence-electron chi connectivity index (χ1n) is 5.01. The molecule has 1 amide bonds. The smallest absolute Gasteiger partial charge is 0.290 e. The van der Waals surface area contributed by atoms with Gasteiger partial charge in [0.25, 0.3) is 5.91 Å². The molecule has 1 rings (SSSR count). The lowest BCUT2D eigenvalue weighted by molar-refractivity contribution is -0.135. The van der Waals surface area contributed by atoms with Crippen molar-refractivity contribution in [3.05, 3.63) is 28.9 Å². The number of amides is 1. The van der Waals surface area contributed by atoms with Crippen LogP contribution in [0.15, 0.2) is 23.3 Å². The fourth-order valence-corrected chi connectivity index (χ4v) is 0.983. The first-order chi connectivity index (χ1) is 7.59. The highest BCUT2D eigenvalue weighted by atomic mass is 16.6. The number of rotatable bonds is 5. The van der Waals surface area contributed by atoms with Gasteiger partial charge in [0.2, 0.25) is 0 Å². The maximum absolute atomic E-state index is 11.3. The Labute approximate surface area is 93.2 Å². The van der Waals surface area contributed by atoms with Crippen molar-refractivity contribution in [1.82, 2.24) is 15.0 Å². The summed E-state index contributed by atoms with van der Waals surface area (Å²) in [7, 11) is 0. The molecular formula is C10H15N3O3. The largest absolute Gasteiger partial charge is 0.347 e. The predicted molar refractivity (Wildman–Crippen MR) is 57.4 cm³/mol. The summed E-state index contributed by atoms with van der Waals surface area (Å²) in [5.41, 5.74) is 1.81. The van der Waals surface area contributed by atoms with E-state index in [0.29, 0.717) is 12.5 Å². The first-order valence-corrected chi connectivity index (χ1v) is 5.01. The average Bonchev–Trinajstić information content (AvgIpc) is 2.21. The molecule has 0 bridgehead atoms. The molecule has 88 valence electrons. The van der Waals surface area contributed by atoms with Crippen LogP contribution in [0.3, 0.4) is 0 Å². The van der Waals surface area contributed by atoms with E-state index in [9.17, 15) is 9.59 Å². The molecule has 1 N–H and O–H groups in total. The van der Waals surface area contributed by atoms with Crippen molar-refractivity contribution in [3.63, 3.8) is 0 Å². The summed E-state index contributed by atoms with van der Waals surface area (Å²) < 4.78 is 1.20. The highest BCUT2D eigenvalue weighted by molar-refractivity contribution is 5.74. The third-order valence-electron chi connectivity index (χ3n) is 1.70. The maximum atomic E-state index is 11.3. The second-order valence-electron chi connectivity index (χ2n) is 3.76. The summed E-state index contributed by atoms with van der Waals surface area (Å²) in [6.07, 6.45) is 2.88. The zero-order valence-corrected chi connectivity index (χ0v) is 9.34. The van der Waals surface area contributed by atoms with E-state index in [1.54, 1.807) is 6.07 Å². The lowest BCUT2D eigenvalue weighted by atomic mass is 10.2. The Morgan fingerprint density at radius 1 is 1.62 bits per heavy atom. The van der Waals surface area contributed by atoms with Crippen LogP contribution < -0.4 is 11.2 Å². The minimum absolute atomic E-state index is 0.0925. The number of carbonyl (C=O) groups is 1. The topological polar surface area (TPSA) is 73.2 Å². The molecule has 1 heterocycles. The van der Waals surface area contributed by atoms with E-state index in [0.717, 1.165) is 0 Å². The van der Waals surface area contributed by atoms with Crippen molar-refractivity contribution in [2.24, 2.45) is 5.92 Å². The van der Waals surface area contributed by atoms with Gasteiger partial charge in [-0.15, -0.1) is 0 Å². The molecule has 0 saturated heterocycles. The normalized spacial score (nSPS) is 10.4. The Balaban J connectivity index is 2.40. The standard InChI is InChI=1S/C10H15N3O3/c1-8(2)7-16-12-9(14)6-13-5-3-4-11-10(13)15/h3-5,8H,6-7H2,1-2H3,(H,12,14). The third kappa shape index (κ3) is 4.22. The van der Waals surface area contributed by atoms with Gasteiger partial charge in [-0.05, 0) is 12.0 Å². The molecule has 0 spiro atoms. The van der Waals surface area contributed by atoms with Crippen molar-refractivity contribution >= 4 is 5.91 Å². The van der Waals surface area contributed by atoms with Crippen molar-refractivity contribution < 1.29 is 9.63 Å². The molecule has 6 nitrogen and oxygen atoms in total. The molecule has 0 radical (unpaired) electrons. The highest BCUT2D eigenvalue weighted by Crippen LogP contribution is 1.89. The lowest BCUT2D eigenvalue weighted by Crippen LogP contribution is -2.33. The van der Waals surface area contributed by atoms with Gasteiger partial charge in [-0.3, -0.25) is 14.2 Å². The van der Waals surface area contributed by atoms with E-state index in [4.69, 9.17) is 4.84 Å². The molecule has 0 aliphatic rings. The van der Waals surface area contributed by atoms with Gasteiger partial charge in [0.15, 0.2) is 0 Å². The molecule has 1 aromatic rings. The fourth-order valence-electron chi connectivity index (χ4n) is 0.983. The van der Waals surface area contributed by atoms with E-state index in [1.807, 2.05) is 13.8 Å². The van der Waals surface area contributed by atoms with E-state index in [-0.39, 0.29) is 12.5 Å². The average molecular weight is 225 g/mol. The Kier molecular flexibility index (Phi) is 4.65. The van der Waals surface area contributed by atoms with Crippen LogP contribution in [0.2, 0.25) is 0 Å². The Morgan fingerprint density at radius 3 is 3.00 bits per heavy atom. The van der Waals surface area contributed by atoms with Gasteiger partial charge in [-0.2, -0.15) is 0 Å². The van der Waals surface area contributed by atoms with Crippen LogP contribution in [0.25, 0.3) is 0 Å². The van der Waals surface area contributed by atoms with Crippen molar-refractivity contribution in [1.29, 1.82) is 0 Å². The Morgan fingerprint density at radius 2 is 2.38 bits per heavy atom. The number of nitrogens with zero attached hydrogens (tertiary/aromatic N) is 2. The molecule has 0 fully saturated rings. The van der Waals surface area contributed by atoms with Crippen LogP contribution in [0.5, 0.6) is 0 Å². The third-order valence-corrected chi connectivity index (χ3v) is 1.70. The monoisotopic (exact) mass is 225 g/mol. The fraction of sp³-hybridized carbons (Fsp3) is 0.500. The molecular weight excluding hydrogens is 210 g/mol. The predicted octanol–water partition coefficient (Wildman–Crippen LogP) is -0.0529. The van der Waals surface area contributed by atoms with E-state index in [1.165, 1.54) is 17.0 Å². The number of hydroxylamine groups is 1. The van der Waals surface area contributed by atoms with Gasteiger partial charge < -0.3 is 0 Å². The summed E-state index contributed by atoms with van der Waals surface area (Å²) in [4.78, 5) is 31.0. The quantitative estimate of drug-likeness (QED) is 0.713. The number of aromatic nitrogens is 2. The molecule has 0 aromatic carbocycles. The minimum Gasteiger partial charge on any atom is -0.290 e. The van der Waals surface area contributed by atoms with Crippen molar-refractivity contribution in [2.75, 3.05) is 6.61 Å². The van der Waals surface area contributed by atoms with Crippen LogP contribution in [0.4, 0.5) is 0 Å². The number of hydrogen-bond acceptors (Lipinski definition) is 4. The molecule has 16 heavy (non-hydrogen) atoms. The van der Waals surface area contributed by atoms with Crippen LogP contribution in [0, 0.1) is 5.92 Å². The summed E-state index contributed by atoms with van der Waals surface area (Å²) in [6.45, 7) is 4.29. The van der Waals surface area contributed by atoms with Crippen LogP contribution in [-0.4, -0.2) is 22.1 Å². The number of nitrogens with one attached hydrogen (secondary N) is 1.